The van der Waals surface area contributed by atoms with Crippen LogP contribution in [0.3, 0.4) is 0 Å². The molecule has 0 radical (unpaired) electrons. The third kappa shape index (κ3) is 2.76. The highest BCUT2D eigenvalue weighted by molar-refractivity contribution is 6.36. The normalized spacial score (nSPS) is 28.4. The van der Waals surface area contributed by atoms with Crippen molar-refractivity contribution < 1.29 is 14.4 Å². The maximum atomic E-state index is 14.0. The highest BCUT2D eigenvalue weighted by atomic mass is 35.5. The number of nitrogens with one attached hydrogen (secondary N) is 1. The monoisotopic (exact) mass is 518 g/mol. The molecule has 1 fully saturated rings. The van der Waals surface area contributed by atoms with Crippen molar-refractivity contribution in [3.05, 3.63) is 101 Å². The Balaban J connectivity index is 1.44. The zero-order valence-electron chi connectivity index (χ0n) is 19.8. The van der Waals surface area contributed by atoms with E-state index in [1.165, 1.54) is 0 Å². The predicted molar refractivity (Wildman–Crippen MR) is 139 cm³/mol. The fourth-order valence-corrected chi connectivity index (χ4v) is 7.47. The van der Waals surface area contributed by atoms with Crippen molar-refractivity contribution in [2.45, 2.75) is 36.1 Å². The summed E-state index contributed by atoms with van der Waals surface area (Å²) in [6.45, 7) is 3.57. The van der Waals surface area contributed by atoms with Gasteiger partial charge in [0.2, 0.25) is 17.7 Å². The molecule has 3 aliphatic carbocycles. The third-order valence-electron chi connectivity index (χ3n) is 8.04. The average Bonchev–Trinajstić information content (AvgIpc) is 3.18. The Kier molecular flexibility index (Phi) is 5.12. The van der Waals surface area contributed by atoms with E-state index in [0.717, 1.165) is 39.1 Å². The van der Waals surface area contributed by atoms with Gasteiger partial charge in [0.1, 0.15) is 15.8 Å². The van der Waals surface area contributed by atoms with Gasteiger partial charge < -0.3 is 5.32 Å². The van der Waals surface area contributed by atoms with E-state index < -0.39 is 45.3 Å². The van der Waals surface area contributed by atoms with E-state index in [1.807, 2.05) is 79.7 Å². The second-order valence-corrected chi connectivity index (χ2v) is 10.9. The van der Waals surface area contributed by atoms with E-state index in [9.17, 15) is 14.4 Å². The second-order valence-electron chi connectivity index (χ2n) is 9.69. The molecule has 7 heteroatoms. The van der Waals surface area contributed by atoms with Crippen LogP contribution in [-0.4, -0.2) is 28.7 Å². The maximum Gasteiger partial charge on any atom is 0.247 e. The summed E-state index contributed by atoms with van der Waals surface area (Å²) < 4.78 is 0. The number of carbonyl (C=O) groups is 3. The molecule has 3 amide bonds. The molecule has 7 rings (SSSR count). The molecule has 4 aliphatic rings. The van der Waals surface area contributed by atoms with E-state index in [0.29, 0.717) is 5.69 Å². The molecule has 182 valence electrons. The van der Waals surface area contributed by atoms with Gasteiger partial charge in [-0.3, -0.25) is 19.3 Å². The van der Waals surface area contributed by atoms with E-state index >= 15 is 0 Å². The molecule has 5 nitrogen and oxygen atoms in total. The lowest BCUT2D eigenvalue weighted by Crippen LogP contribution is -2.57. The van der Waals surface area contributed by atoms with Crippen LogP contribution in [0.5, 0.6) is 0 Å². The number of likely N-dealkylation sites (tertiary alicyclic amines) is 1. The molecule has 0 unspecified atom stereocenters. The van der Waals surface area contributed by atoms with Gasteiger partial charge in [-0.25, -0.2) is 0 Å². The first-order chi connectivity index (χ1) is 17.3. The molecule has 2 bridgehead atoms. The van der Waals surface area contributed by atoms with Crippen LogP contribution in [0.1, 0.15) is 41.7 Å². The summed E-state index contributed by atoms with van der Waals surface area (Å²) >= 11 is 14.9. The Bertz CT molecular complexity index is 1330. The van der Waals surface area contributed by atoms with Gasteiger partial charge in [0.05, 0.1) is 11.8 Å². The SMILES string of the molecule is CCc1ccccc1NC(=O)[C@H](C)N1C(=O)[C@H]2[C@H](C1=O)C1(Cl)c3ccccc3C2(Cl)c2ccccc21. The molecule has 3 aromatic rings. The van der Waals surface area contributed by atoms with Crippen molar-refractivity contribution in [2.75, 3.05) is 5.32 Å². The number of imide groups is 1. The largest absolute Gasteiger partial charge is 0.324 e. The van der Waals surface area contributed by atoms with Crippen molar-refractivity contribution in [1.82, 2.24) is 4.90 Å². The molecule has 1 heterocycles. The summed E-state index contributed by atoms with van der Waals surface area (Å²) in [4.78, 5) is 39.9. The lowest BCUT2D eigenvalue weighted by atomic mass is 9.54. The third-order valence-corrected chi connectivity index (χ3v) is 9.33. The second kappa shape index (κ2) is 7.92. The van der Waals surface area contributed by atoms with Gasteiger partial charge in [-0.1, -0.05) is 73.7 Å². The van der Waals surface area contributed by atoms with Crippen LogP contribution in [0, 0.1) is 11.8 Å². The summed E-state index contributed by atoms with van der Waals surface area (Å²) in [6, 6.07) is 21.4. The molecule has 0 saturated carbocycles. The number of benzene rings is 3. The number of anilines is 1. The molecule has 1 aliphatic heterocycles. The zero-order valence-corrected chi connectivity index (χ0v) is 21.3. The van der Waals surface area contributed by atoms with Crippen molar-refractivity contribution in [1.29, 1.82) is 0 Å². The quantitative estimate of drug-likeness (QED) is 0.382. The summed E-state index contributed by atoms with van der Waals surface area (Å²) in [5, 5.41) is 2.90. The van der Waals surface area contributed by atoms with Gasteiger partial charge in [-0.05, 0) is 47.2 Å². The fraction of sp³-hybridized carbons (Fsp3) is 0.276. The van der Waals surface area contributed by atoms with Crippen LogP contribution >= 0.6 is 23.2 Å². The highest BCUT2D eigenvalue weighted by Gasteiger charge is 2.73. The van der Waals surface area contributed by atoms with Crippen molar-refractivity contribution in [3.63, 3.8) is 0 Å². The highest BCUT2D eigenvalue weighted by Crippen LogP contribution is 2.69. The lowest BCUT2D eigenvalue weighted by molar-refractivity contribution is -0.146. The number of hydrogen-bond donors (Lipinski definition) is 1. The first-order valence-electron chi connectivity index (χ1n) is 12.1. The number of nitrogens with zero attached hydrogens (tertiary/aromatic N) is 1. The molecular formula is C29H24Cl2N2O3. The van der Waals surface area contributed by atoms with Gasteiger partial charge in [0.15, 0.2) is 0 Å². The molecule has 0 spiro atoms. The van der Waals surface area contributed by atoms with Gasteiger partial charge in [0.25, 0.3) is 0 Å². The van der Waals surface area contributed by atoms with Gasteiger partial charge in [0, 0.05) is 5.69 Å². The molecular weight excluding hydrogens is 495 g/mol. The number of hydrogen-bond acceptors (Lipinski definition) is 3. The van der Waals surface area contributed by atoms with E-state index in [2.05, 4.69) is 5.32 Å². The van der Waals surface area contributed by atoms with Crippen LogP contribution in [0.25, 0.3) is 0 Å². The van der Waals surface area contributed by atoms with Crippen LogP contribution in [0.4, 0.5) is 5.69 Å². The minimum atomic E-state index is -1.26. The molecule has 1 N–H and O–H groups in total. The Morgan fingerprint density at radius 1 is 0.833 bits per heavy atom. The van der Waals surface area contributed by atoms with Gasteiger partial charge in [-0.15, -0.1) is 23.2 Å². The number of alkyl halides is 2. The number of carbonyl (C=O) groups excluding carboxylic acids is 3. The number of amides is 3. The smallest absolute Gasteiger partial charge is 0.247 e. The predicted octanol–water partition coefficient (Wildman–Crippen LogP) is 5.17. The molecule has 1 saturated heterocycles. The minimum absolute atomic E-state index is 0.439. The Labute approximate surface area is 219 Å². The number of para-hydroxylation sites is 1. The Morgan fingerprint density at radius 2 is 1.25 bits per heavy atom. The van der Waals surface area contributed by atoms with Crippen molar-refractivity contribution in [3.8, 4) is 0 Å². The Morgan fingerprint density at radius 3 is 1.69 bits per heavy atom. The van der Waals surface area contributed by atoms with Gasteiger partial charge >= 0.3 is 0 Å². The first-order valence-corrected chi connectivity index (χ1v) is 12.8. The summed E-state index contributed by atoms with van der Waals surface area (Å²) in [7, 11) is 0. The average molecular weight is 519 g/mol. The fourth-order valence-electron chi connectivity index (χ4n) is 6.38. The van der Waals surface area contributed by atoms with Gasteiger partial charge in [-0.2, -0.15) is 0 Å². The van der Waals surface area contributed by atoms with Crippen molar-refractivity contribution in [2.24, 2.45) is 11.8 Å². The summed E-state index contributed by atoms with van der Waals surface area (Å²) in [5.41, 5.74) is 4.57. The number of aryl methyl sites for hydroxylation is 1. The summed E-state index contributed by atoms with van der Waals surface area (Å²) in [6.07, 6.45) is 0.733. The van der Waals surface area contributed by atoms with Crippen LogP contribution in [-0.2, 0) is 30.6 Å². The van der Waals surface area contributed by atoms with E-state index in [4.69, 9.17) is 23.2 Å². The maximum absolute atomic E-state index is 14.0. The minimum Gasteiger partial charge on any atom is -0.324 e. The molecule has 3 atom stereocenters. The van der Waals surface area contributed by atoms with Crippen molar-refractivity contribution >= 4 is 46.6 Å². The molecule has 0 aromatic heterocycles. The molecule has 3 aromatic carbocycles. The number of rotatable bonds is 4. The zero-order chi connectivity index (χ0) is 25.4. The van der Waals surface area contributed by atoms with Crippen LogP contribution in [0.15, 0.2) is 72.8 Å². The van der Waals surface area contributed by atoms with Crippen LogP contribution in [0.2, 0.25) is 0 Å². The van der Waals surface area contributed by atoms with E-state index in [1.54, 1.807) is 6.92 Å². The lowest BCUT2D eigenvalue weighted by Gasteiger charge is -2.54. The standard InChI is InChI=1S/C29H24Cl2N2O3/c1-3-17-10-4-9-15-22(17)32-25(34)16(2)33-26(35)23-24(27(33)36)29(31)19-12-6-5-11-18(19)28(23,30)20-13-7-8-14-21(20)29/h4-16,23-24H,3H2,1-2H3,(H,32,34)/t16-,23+,24+,28?,29?/m0/s1. The summed E-state index contributed by atoms with van der Waals surface area (Å²) in [5.74, 6) is -3.23. The number of halogens is 2. The first kappa shape index (κ1) is 23.3. The Hall–Kier alpha value is -3.15. The molecule has 36 heavy (non-hydrogen) atoms. The topological polar surface area (TPSA) is 66.5 Å². The van der Waals surface area contributed by atoms with E-state index in [-0.39, 0.29) is 0 Å². The van der Waals surface area contributed by atoms with Crippen LogP contribution < -0.4 is 5.32 Å².